The molecule has 0 N–H and O–H groups in total. The predicted molar refractivity (Wildman–Crippen MR) is 106 cm³/mol. The summed E-state index contributed by atoms with van der Waals surface area (Å²) < 4.78 is 73.4. The molecule has 30 heavy (non-hydrogen) atoms. The fraction of sp³-hybridized carbons (Fsp3) is 0.318. The summed E-state index contributed by atoms with van der Waals surface area (Å²) >= 11 is 1.01. The Morgan fingerprint density at radius 3 is 2.17 bits per heavy atom. The van der Waals surface area contributed by atoms with Crippen molar-refractivity contribution in [3.63, 3.8) is 0 Å². The lowest BCUT2D eigenvalue weighted by Gasteiger charge is -2.25. The topological polar surface area (TPSA) is 22.1 Å². The van der Waals surface area contributed by atoms with Crippen molar-refractivity contribution in [3.05, 3.63) is 76.3 Å². The number of aromatic nitrogens is 1. The van der Waals surface area contributed by atoms with E-state index in [4.69, 9.17) is 4.74 Å². The number of benzene rings is 2. The van der Waals surface area contributed by atoms with E-state index in [1.165, 1.54) is 19.1 Å². The predicted octanol–water partition coefficient (Wildman–Crippen LogP) is 7.44. The van der Waals surface area contributed by atoms with Gasteiger partial charge in [-0.25, -0.2) is 13.8 Å². The van der Waals surface area contributed by atoms with Crippen LogP contribution in [-0.2, 0) is 17.5 Å². The van der Waals surface area contributed by atoms with Crippen LogP contribution in [0.2, 0.25) is 0 Å². The van der Waals surface area contributed by atoms with E-state index in [1.54, 1.807) is 31.2 Å². The van der Waals surface area contributed by atoms with Crippen LogP contribution < -0.4 is 0 Å². The van der Waals surface area contributed by atoms with Gasteiger partial charge in [-0.1, -0.05) is 49.4 Å². The van der Waals surface area contributed by atoms with E-state index in [-0.39, 0.29) is 11.5 Å². The second-order valence-electron chi connectivity index (χ2n) is 6.84. The molecule has 1 heterocycles. The summed E-state index contributed by atoms with van der Waals surface area (Å²) in [5, 5.41) is 0.372. The summed E-state index contributed by atoms with van der Waals surface area (Å²) in [5.74, 6) is -3.12. The summed E-state index contributed by atoms with van der Waals surface area (Å²) in [6.07, 6.45) is -6.36. The first-order valence-corrected chi connectivity index (χ1v) is 10.1. The number of thiazole rings is 1. The molecular weight excluding hydrogens is 421 g/mol. The normalized spacial score (nSPS) is 13.4. The van der Waals surface area contributed by atoms with Gasteiger partial charge in [0.05, 0.1) is 22.7 Å². The number of alkyl halides is 5. The molecule has 0 fully saturated rings. The first kappa shape index (κ1) is 22.4. The molecule has 160 valence electrons. The van der Waals surface area contributed by atoms with E-state index in [2.05, 4.69) is 4.98 Å². The number of hydrogen-bond donors (Lipinski definition) is 0. The fourth-order valence-electron chi connectivity index (χ4n) is 2.91. The van der Waals surface area contributed by atoms with Crippen molar-refractivity contribution in [2.45, 2.75) is 45.1 Å². The van der Waals surface area contributed by atoms with Gasteiger partial charge in [-0.05, 0) is 24.6 Å². The standard InChI is InChI=1S/C22H20F5NOS/c1-3-21(23,24)19(29-13-15-7-5-4-6-8-15)18-14(2)28-20(30-18)16-9-11-17(12-10-16)22(25,26)27/h4-12,19H,3,13H2,1-2H3. The van der Waals surface area contributed by atoms with Crippen LogP contribution >= 0.6 is 11.3 Å². The lowest BCUT2D eigenvalue weighted by Crippen LogP contribution is -2.27. The van der Waals surface area contributed by atoms with E-state index >= 15 is 0 Å². The van der Waals surface area contributed by atoms with Crippen molar-refractivity contribution >= 4 is 11.3 Å². The molecule has 0 aliphatic heterocycles. The monoisotopic (exact) mass is 441 g/mol. The van der Waals surface area contributed by atoms with E-state index < -0.39 is 30.2 Å². The third-order valence-electron chi connectivity index (χ3n) is 4.64. The van der Waals surface area contributed by atoms with Gasteiger partial charge in [0.2, 0.25) is 0 Å². The highest BCUT2D eigenvalue weighted by Crippen LogP contribution is 2.43. The molecule has 0 amide bonds. The van der Waals surface area contributed by atoms with Gasteiger partial charge in [0.15, 0.2) is 6.10 Å². The molecule has 2 aromatic carbocycles. The maximum absolute atomic E-state index is 14.7. The molecule has 0 spiro atoms. The molecule has 0 saturated heterocycles. The Balaban J connectivity index is 1.90. The third kappa shape index (κ3) is 5.05. The van der Waals surface area contributed by atoms with Crippen molar-refractivity contribution in [2.24, 2.45) is 0 Å². The molecule has 1 unspecified atom stereocenters. The summed E-state index contributed by atoms with van der Waals surface area (Å²) in [6.45, 7) is 2.99. The zero-order valence-corrected chi connectivity index (χ0v) is 17.2. The molecule has 0 bridgehead atoms. The lowest BCUT2D eigenvalue weighted by molar-refractivity contribution is -0.146. The third-order valence-corrected chi connectivity index (χ3v) is 5.89. The van der Waals surface area contributed by atoms with E-state index in [9.17, 15) is 22.0 Å². The highest BCUT2D eigenvalue weighted by atomic mass is 32.1. The van der Waals surface area contributed by atoms with Gasteiger partial charge in [-0.3, -0.25) is 0 Å². The number of nitrogens with zero attached hydrogens (tertiary/aromatic N) is 1. The SMILES string of the molecule is CCC(F)(F)C(OCc1ccccc1)c1sc(-c2ccc(C(F)(F)F)cc2)nc1C. The molecule has 8 heteroatoms. The molecule has 1 atom stereocenters. The highest BCUT2D eigenvalue weighted by Gasteiger charge is 2.42. The molecular formula is C22H20F5NOS. The molecule has 2 nitrogen and oxygen atoms in total. The molecule has 3 rings (SSSR count). The van der Waals surface area contributed by atoms with Gasteiger partial charge in [0, 0.05) is 12.0 Å². The summed E-state index contributed by atoms with van der Waals surface area (Å²) in [4.78, 5) is 4.59. The quantitative estimate of drug-likeness (QED) is 0.356. The lowest BCUT2D eigenvalue weighted by atomic mass is 10.1. The smallest absolute Gasteiger partial charge is 0.362 e. The maximum Gasteiger partial charge on any atom is 0.416 e. The molecule has 3 aromatic rings. The van der Waals surface area contributed by atoms with Crippen LogP contribution in [0.5, 0.6) is 0 Å². The van der Waals surface area contributed by atoms with Crippen LogP contribution in [0.1, 0.15) is 41.1 Å². The van der Waals surface area contributed by atoms with Crippen molar-refractivity contribution in [2.75, 3.05) is 0 Å². The minimum absolute atomic E-state index is 0.00799. The van der Waals surface area contributed by atoms with Crippen molar-refractivity contribution in [1.29, 1.82) is 0 Å². The summed E-state index contributed by atoms with van der Waals surface area (Å²) in [5.41, 5.74) is 0.797. The number of halogens is 5. The van der Waals surface area contributed by atoms with Gasteiger partial charge in [-0.15, -0.1) is 11.3 Å². The number of rotatable bonds is 7. The van der Waals surface area contributed by atoms with E-state index in [0.29, 0.717) is 16.3 Å². The Morgan fingerprint density at radius 2 is 1.60 bits per heavy atom. The largest absolute Gasteiger partial charge is 0.416 e. The Labute approximate surface area is 175 Å². The summed E-state index contributed by atoms with van der Waals surface area (Å²) in [7, 11) is 0. The van der Waals surface area contributed by atoms with Crippen LogP contribution in [0.4, 0.5) is 22.0 Å². The van der Waals surface area contributed by atoms with Crippen molar-refractivity contribution in [3.8, 4) is 10.6 Å². The zero-order valence-electron chi connectivity index (χ0n) is 16.3. The van der Waals surface area contributed by atoms with Crippen LogP contribution in [0.25, 0.3) is 10.6 Å². The number of ether oxygens (including phenoxy) is 1. The van der Waals surface area contributed by atoms with Gasteiger partial charge in [0.1, 0.15) is 5.01 Å². The minimum Gasteiger partial charge on any atom is -0.362 e. The average molecular weight is 441 g/mol. The Morgan fingerprint density at radius 1 is 0.967 bits per heavy atom. The second kappa shape index (κ2) is 8.81. The molecule has 0 aliphatic carbocycles. The van der Waals surface area contributed by atoms with Crippen LogP contribution in [0.15, 0.2) is 54.6 Å². The van der Waals surface area contributed by atoms with Gasteiger partial charge >= 0.3 is 6.18 Å². The molecule has 0 saturated carbocycles. The number of hydrogen-bond acceptors (Lipinski definition) is 3. The zero-order chi connectivity index (χ0) is 21.9. The van der Waals surface area contributed by atoms with Gasteiger partial charge in [-0.2, -0.15) is 13.2 Å². The fourth-order valence-corrected chi connectivity index (χ4v) is 4.09. The van der Waals surface area contributed by atoms with Crippen LogP contribution in [0.3, 0.4) is 0 Å². The molecule has 1 aromatic heterocycles. The van der Waals surface area contributed by atoms with E-state index in [0.717, 1.165) is 29.0 Å². The van der Waals surface area contributed by atoms with Crippen molar-refractivity contribution < 1.29 is 26.7 Å². The summed E-state index contributed by atoms with van der Waals surface area (Å²) in [6, 6.07) is 13.5. The Kier molecular flexibility index (Phi) is 6.57. The Hall–Kier alpha value is -2.32. The highest BCUT2D eigenvalue weighted by molar-refractivity contribution is 7.15. The molecule has 0 aliphatic rings. The first-order chi connectivity index (χ1) is 14.1. The van der Waals surface area contributed by atoms with Gasteiger partial charge in [0.25, 0.3) is 5.92 Å². The van der Waals surface area contributed by atoms with E-state index in [1.807, 2.05) is 6.07 Å². The van der Waals surface area contributed by atoms with Crippen LogP contribution in [0, 0.1) is 6.92 Å². The average Bonchev–Trinajstić information content (AvgIpc) is 3.09. The van der Waals surface area contributed by atoms with Gasteiger partial charge < -0.3 is 4.74 Å². The maximum atomic E-state index is 14.7. The second-order valence-corrected chi connectivity index (χ2v) is 7.87. The Bertz CT molecular complexity index is 967. The van der Waals surface area contributed by atoms with Crippen molar-refractivity contribution in [1.82, 2.24) is 4.98 Å². The number of aryl methyl sites for hydroxylation is 1. The minimum atomic E-state index is -4.44. The molecule has 0 radical (unpaired) electrons. The van der Waals surface area contributed by atoms with Crippen LogP contribution in [-0.4, -0.2) is 10.9 Å². The first-order valence-electron chi connectivity index (χ1n) is 9.30.